The van der Waals surface area contributed by atoms with Crippen LogP contribution in [0, 0.1) is 0 Å². The van der Waals surface area contributed by atoms with Crippen LogP contribution in [0.2, 0.25) is 0 Å². The molecule has 0 atom stereocenters. The Balaban J connectivity index is 1.83. The Morgan fingerprint density at radius 2 is 1.76 bits per heavy atom. The van der Waals surface area contributed by atoms with Crippen LogP contribution < -0.4 is 10.2 Å². The maximum atomic E-state index is 11.0. The fourth-order valence-corrected chi connectivity index (χ4v) is 2.51. The summed E-state index contributed by atoms with van der Waals surface area (Å²) in [5.41, 5.74) is 5.55. The molecule has 0 heterocycles. The van der Waals surface area contributed by atoms with Gasteiger partial charge in [-0.15, -0.1) is 0 Å². The fraction of sp³-hybridized carbons (Fsp3) is 0.100. The van der Waals surface area contributed by atoms with Crippen molar-refractivity contribution in [3.05, 3.63) is 71.8 Å². The maximum Gasteiger partial charge on any atom is 0.335 e. The third kappa shape index (κ3) is 3.77. The van der Waals surface area contributed by atoms with E-state index in [0.29, 0.717) is 5.69 Å². The van der Waals surface area contributed by atoms with E-state index in [0.717, 1.165) is 27.8 Å². The van der Waals surface area contributed by atoms with Crippen LogP contribution in [0.25, 0.3) is 10.8 Å². The number of carboxylic acids is 1. The van der Waals surface area contributed by atoms with Crippen molar-refractivity contribution in [2.45, 2.75) is 6.92 Å². The highest BCUT2D eigenvalue weighted by Crippen LogP contribution is 2.22. The van der Waals surface area contributed by atoms with Crippen LogP contribution in [0.1, 0.15) is 22.8 Å². The number of hydrogen-bond acceptors (Lipinski definition) is 4. The van der Waals surface area contributed by atoms with Crippen molar-refractivity contribution in [1.82, 2.24) is 0 Å². The number of nitrogens with one attached hydrogen (secondary N) is 1. The molecule has 0 spiro atoms. The molecule has 0 unspecified atom stereocenters. The molecule has 25 heavy (non-hydrogen) atoms. The van der Waals surface area contributed by atoms with E-state index in [4.69, 9.17) is 9.84 Å². The lowest BCUT2D eigenvalue weighted by Gasteiger charge is -2.07. The lowest BCUT2D eigenvalue weighted by atomic mass is 10.0. The van der Waals surface area contributed by atoms with Crippen LogP contribution in [0.3, 0.4) is 0 Å². The third-order valence-electron chi connectivity index (χ3n) is 3.93. The summed E-state index contributed by atoms with van der Waals surface area (Å²) in [6.45, 7) is 1.90. The van der Waals surface area contributed by atoms with E-state index < -0.39 is 5.97 Å². The zero-order valence-corrected chi connectivity index (χ0v) is 14.0. The molecule has 5 nitrogen and oxygen atoms in total. The van der Waals surface area contributed by atoms with Gasteiger partial charge in [-0.2, -0.15) is 5.10 Å². The first-order valence-electron chi connectivity index (χ1n) is 7.78. The van der Waals surface area contributed by atoms with Crippen molar-refractivity contribution in [2.75, 3.05) is 12.5 Å². The van der Waals surface area contributed by atoms with Gasteiger partial charge in [0.2, 0.25) is 0 Å². The van der Waals surface area contributed by atoms with Crippen molar-refractivity contribution in [3.63, 3.8) is 0 Å². The molecule has 0 aliphatic carbocycles. The number of anilines is 1. The van der Waals surface area contributed by atoms with Gasteiger partial charge in [-0.3, -0.25) is 5.43 Å². The van der Waals surface area contributed by atoms with Crippen LogP contribution in [-0.4, -0.2) is 23.9 Å². The van der Waals surface area contributed by atoms with Gasteiger partial charge in [0.15, 0.2) is 0 Å². The van der Waals surface area contributed by atoms with E-state index >= 15 is 0 Å². The summed E-state index contributed by atoms with van der Waals surface area (Å²) in [6, 6.07) is 18.5. The number of carboxylic acid groups (broad SMARTS) is 1. The van der Waals surface area contributed by atoms with Gasteiger partial charge in [-0.25, -0.2) is 4.79 Å². The number of carbonyl (C=O) groups is 1. The van der Waals surface area contributed by atoms with Crippen LogP contribution >= 0.6 is 0 Å². The number of methoxy groups -OCH3 is 1. The zero-order valence-electron chi connectivity index (χ0n) is 14.0. The third-order valence-corrected chi connectivity index (χ3v) is 3.93. The highest BCUT2D eigenvalue weighted by atomic mass is 16.5. The molecule has 0 aliphatic rings. The Labute approximate surface area is 145 Å². The first kappa shape index (κ1) is 16.5. The van der Waals surface area contributed by atoms with Gasteiger partial charge in [0.05, 0.1) is 24.1 Å². The van der Waals surface area contributed by atoms with Gasteiger partial charge >= 0.3 is 5.97 Å². The van der Waals surface area contributed by atoms with Gasteiger partial charge in [0.1, 0.15) is 5.75 Å². The molecule has 0 aromatic heterocycles. The fourth-order valence-electron chi connectivity index (χ4n) is 2.51. The van der Waals surface area contributed by atoms with Crippen molar-refractivity contribution in [2.24, 2.45) is 5.10 Å². The number of fused-ring (bicyclic) bond motifs is 1. The smallest absolute Gasteiger partial charge is 0.335 e. The van der Waals surface area contributed by atoms with E-state index in [1.807, 2.05) is 37.3 Å². The minimum Gasteiger partial charge on any atom is -0.497 e. The second kappa shape index (κ2) is 7.05. The molecule has 0 amide bonds. The lowest BCUT2D eigenvalue weighted by molar-refractivity contribution is 0.0697. The largest absolute Gasteiger partial charge is 0.497 e. The highest BCUT2D eigenvalue weighted by molar-refractivity contribution is 6.02. The number of ether oxygens (including phenoxy) is 1. The van der Waals surface area contributed by atoms with Gasteiger partial charge in [0.25, 0.3) is 0 Å². The SMILES string of the molecule is COc1ccc2cc(/C(C)=N/Nc3cccc(C(=O)O)c3)ccc2c1. The molecule has 3 rings (SSSR count). The van der Waals surface area contributed by atoms with Crippen LogP contribution in [-0.2, 0) is 0 Å². The zero-order chi connectivity index (χ0) is 17.8. The lowest BCUT2D eigenvalue weighted by Crippen LogP contribution is -2.01. The summed E-state index contributed by atoms with van der Waals surface area (Å²) in [7, 11) is 1.65. The summed E-state index contributed by atoms with van der Waals surface area (Å²) >= 11 is 0. The van der Waals surface area contributed by atoms with Gasteiger partial charge in [0, 0.05) is 0 Å². The predicted molar refractivity (Wildman–Crippen MR) is 99.7 cm³/mol. The topological polar surface area (TPSA) is 70.9 Å². The number of benzene rings is 3. The van der Waals surface area contributed by atoms with Crippen LogP contribution in [0.4, 0.5) is 5.69 Å². The molecule has 3 aromatic rings. The average Bonchev–Trinajstić information content (AvgIpc) is 2.65. The van der Waals surface area contributed by atoms with E-state index in [1.54, 1.807) is 31.4 Å². The molecule has 0 radical (unpaired) electrons. The molecule has 126 valence electrons. The molecule has 3 aromatic carbocycles. The molecule has 0 saturated heterocycles. The Bertz CT molecular complexity index is 964. The first-order chi connectivity index (χ1) is 12.1. The molecular weight excluding hydrogens is 316 g/mol. The molecule has 2 N–H and O–H groups in total. The first-order valence-corrected chi connectivity index (χ1v) is 7.78. The monoisotopic (exact) mass is 334 g/mol. The second-order valence-corrected chi connectivity index (χ2v) is 5.62. The quantitative estimate of drug-likeness (QED) is 0.536. The molecule has 0 fully saturated rings. The minimum absolute atomic E-state index is 0.220. The minimum atomic E-state index is -0.964. The second-order valence-electron chi connectivity index (χ2n) is 5.62. The summed E-state index contributed by atoms with van der Waals surface area (Å²) in [5, 5.41) is 15.6. The van der Waals surface area contributed by atoms with E-state index in [9.17, 15) is 4.79 Å². The highest BCUT2D eigenvalue weighted by Gasteiger charge is 2.04. The Morgan fingerprint density at radius 1 is 1.00 bits per heavy atom. The average molecular weight is 334 g/mol. The van der Waals surface area contributed by atoms with E-state index in [2.05, 4.69) is 16.6 Å². The predicted octanol–water partition coefficient (Wildman–Crippen LogP) is 4.38. The number of hydrazone groups is 1. The van der Waals surface area contributed by atoms with E-state index in [1.165, 1.54) is 0 Å². The summed E-state index contributed by atoms with van der Waals surface area (Å²) < 4.78 is 5.24. The van der Waals surface area contributed by atoms with Crippen molar-refractivity contribution < 1.29 is 14.6 Å². The van der Waals surface area contributed by atoms with Crippen LogP contribution in [0.15, 0.2) is 65.8 Å². The molecule has 0 aliphatic heterocycles. The molecular formula is C20H18N2O3. The van der Waals surface area contributed by atoms with Gasteiger partial charge in [-0.1, -0.05) is 24.3 Å². The summed E-state index contributed by atoms with van der Waals surface area (Å²) in [4.78, 5) is 11.0. The van der Waals surface area contributed by atoms with Gasteiger partial charge in [-0.05, 0) is 59.7 Å². The van der Waals surface area contributed by atoms with Crippen molar-refractivity contribution in [1.29, 1.82) is 0 Å². The summed E-state index contributed by atoms with van der Waals surface area (Å²) in [6.07, 6.45) is 0. The Morgan fingerprint density at radius 3 is 2.52 bits per heavy atom. The molecule has 0 saturated carbocycles. The van der Waals surface area contributed by atoms with E-state index in [-0.39, 0.29) is 5.56 Å². The standard InChI is InChI=1S/C20H18N2O3/c1-13(21-22-18-5-3-4-17(11-18)20(23)24)14-6-7-16-12-19(25-2)9-8-15(16)10-14/h3-12,22H,1-2H3,(H,23,24)/b21-13+. The normalized spacial score (nSPS) is 11.4. The number of hydrogen-bond donors (Lipinski definition) is 2. The maximum absolute atomic E-state index is 11.0. The molecule has 0 bridgehead atoms. The number of aromatic carboxylic acids is 1. The summed E-state index contributed by atoms with van der Waals surface area (Å²) in [5.74, 6) is -0.139. The van der Waals surface area contributed by atoms with Crippen molar-refractivity contribution >= 4 is 28.1 Å². The van der Waals surface area contributed by atoms with Crippen LogP contribution in [0.5, 0.6) is 5.75 Å². The number of nitrogens with zero attached hydrogens (tertiary/aromatic N) is 1. The number of rotatable bonds is 5. The molecule has 5 heteroatoms. The Kier molecular flexibility index (Phi) is 4.66. The van der Waals surface area contributed by atoms with Crippen molar-refractivity contribution in [3.8, 4) is 5.75 Å². The Hall–Kier alpha value is -3.34. The van der Waals surface area contributed by atoms with Gasteiger partial charge < -0.3 is 9.84 Å².